The van der Waals surface area contributed by atoms with Crippen molar-refractivity contribution in [3.05, 3.63) is 0 Å². The molecule has 0 amide bonds. The summed E-state index contributed by atoms with van der Waals surface area (Å²) in [5, 5.41) is 0. The van der Waals surface area contributed by atoms with Crippen molar-refractivity contribution in [3.8, 4) is 0 Å². The van der Waals surface area contributed by atoms with Crippen LogP contribution in [0.15, 0.2) is 0 Å². The Morgan fingerprint density at radius 3 is 2.31 bits per heavy atom. The molecule has 0 heterocycles. The molecule has 0 radical (unpaired) electrons. The SMILES string of the molecule is COC1CC(C(C)(C)C)CCC1Br. The number of hydrogen-bond acceptors (Lipinski definition) is 1. The summed E-state index contributed by atoms with van der Waals surface area (Å²) in [6.07, 6.45) is 4.20. The first-order valence-electron chi connectivity index (χ1n) is 5.12. The topological polar surface area (TPSA) is 9.23 Å². The highest BCUT2D eigenvalue weighted by atomic mass is 79.9. The van der Waals surface area contributed by atoms with Crippen molar-refractivity contribution in [1.82, 2.24) is 0 Å². The average Bonchev–Trinajstić information content (AvgIpc) is 2.03. The van der Waals surface area contributed by atoms with E-state index in [0.29, 0.717) is 16.3 Å². The lowest BCUT2D eigenvalue weighted by Crippen LogP contribution is -2.36. The van der Waals surface area contributed by atoms with Crippen LogP contribution in [0.4, 0.5) is 0 Å². The first-order chi connectivity index (χ1) is 5.95. The van der Waals surface area contributed by atoms with Gasteiger partial charge in [-0.1, -0.05) is 36.7 Å². The quantitative estimate of drug-likeness (QED) is 0.645. The summed E-state index contributed by atoms with van der Waals surface area (Å²) in [5.74, 6) is 0.811. The number of halogens is 1. The zero-order valence-corrected chi connectivity index (χ0v) is 10.7. The highest BCUT2D eigenvalue weighted by Gasteiger charge is 2.34. The van der Waals surface area contributed by atoms with Crippen LogP contribution in [0.2, 0.25) is 0 Å². The Kier molecular flexibility index (Phi) is 3.82. The van der Waals surface area contributed by atoms with Gasteiger partial charge in [-0.3, -0.25) is 0 Å². The predicted molar refractivity (Wildman–Crippen MR) is 60.3 cm³/mol. The Morgan fingerprint density at radius 2 is 1.85 bits per heavy atom. The van der Waals surface area contributed by atoms with Crippen LogP contribution in [0.5, 0.6) is 0 Å². The molecule has 3 unspecified atom stereocenters. The zero-order valence-electron chi connectivity index (χ0n) is 9.14. The molecule has 0 N–H and O–H groups in total. The molecule has 0 aromatic heterocycles. The Balaban J connectivity index is 2.55. The first kappa shape index (κ1) is 11.5. The standard InChI is InChI=1S/C11H21BrO/c1-11(2,3)8-5-6-9(12)10(7-8)13-4/h8-10H,5-7H2,1-4H3. The molecule has 2 heteroatoms. The van der Waals surface area contributed by atoms with Crippen molar-refractivity contribution in [3.63, 3.8) is 0 Å². The molecular weight excluding hydrogens is 228 g/mol. The minimum atomic E-state index is 0.415. The van der Waals surface area contributed by atoms with Crippen molar-refractivity contribution in [1.29, 1.82) is 0 Å². The van der Waals surface area contributed by atoms with Gasteiger partial charge in [0, 0.05) is 11.9 Å². The van der Waals surface area contributed by atoms with Gasteiger partial charge in [-0.25, -0.2) is 0 Å². The molecule has 1 aliphatic carbocycles. The van der Waals surface area contributed by atoms with E-state index in [1.807, 2.05) is 7.11 Å². The van der Waals surface area contributed by atoms with Gasteiger partial charge in [0.25, 0.3) is 0 Å². The van der Waals surface area contributed by atoms with E-state index in [1.54, 1.807) is 0 Å². The molecule has 1 fully saturated rings. The van der Waals surface area contributed by atoms with Crippen molar-refractivity contribution in [2.24, 2.45) is 11.3 Å². The molecule has 78 valence electrons. The molecule has 0 aromatic rings. The van der Waals surface area contributed by atoms with E-state index in [0.717, 1.165) is 5.92 Å². The summed E-state index contributed by atoms with van der Waals surface area (Å²) < 4.78 is 5.48. The summed E-state index contributed by atoms with van der Waals surface area (Å²) in [6.45, 7) is 7.00. The van der Waals surface area contributed by atoms with Crippen molar-refractivity contribution in [2.75, 3.05) is 7.11 Å². The molecular formula is C11H21BrO. The van der Waals surface area contributed by atoms with Crippen molar-refractivity contribution < 1.29 is 4.74 Å². The van der Waals surface area contributed by atoms with E-state index < -0.39 is 0 Å². The largest absolute Gasteiger partial charge is 0.380 e. The molecule has 3 atom stereocenters. The van der Waals surface area contributed by atoms with Gasteiger partial charge in [-0.2, -0.15) is 0 Å². The fourth-order valence-corrected chi connectivity index (χ4v) is 2.82. The van der Waals surface area contributed by atoms with Crippen molar-refractivity contribution in [2.45, 2.75) is 51.0 Å². The summed E-state index contributed by atoms with van der Waals surface area (Å²) >= 11 is 3.68. The Bertz CT molecular complexity index is 162. The lowest BCUT2D eigenvalue weighted by molar-refractivity contribution is 0.0295. The van der Waals surface area contributed by atoms with Gasteiger partial charge in [0.15, 0.2) is 0 Å². The van der Waals surface area contributed by atoms with Gasteiger partial charge < -0.3 is 4.74 Å². The van der Waals surface area contributed by atoms with E-state index in [9.17, 15) is 0 Å². The normalized spacial score (nSPS) is 36.2. The maximum absolute atomic E-state index is 5.48. The third-order valence-corrected chi connectivity index (χ3v) is 4.29. The van der Waals surface area contributed by atoms with Crippen molar-refractivity contribution >= 4 is 15.9 Å². The van der Waals surface area contributed by atoms with Gasteiger partial charge in [0.05, 0.1) is 6.10 Å². The van der Waals surface area contributed by atoms with Crippen LogP contribution in [0, 0.1) is 11.3 Å². The van der Waals surface area contributed by atoms with Crippen LogP contribution in [-0.2, 0) is 4.74 Å². The second kappa shape index (κ2) is 4.31. The van der Waals surface area contributed by atoms with E-state index in [-0.39, 0.29) is 0 Å². The number of alkyl halides is 1. The van der Waals surface area contributed by atoms with Gasteiger partial charge in [0.2, 0.25) is 0 Å². The van der Waals surface area contributed by atoms with Crippen LogP contribution >= 0.6 is 15.9 Å². The fourth-order valence-electron chi connectivity index (χ4n) is 2.12. The lowest BCUT2D eigenvalue weighted by Gasteiger charge is -2.39. The fraction of sp³-hybridized carbons (Fsp3) is 1.00. The molecule has 1 saturated carbocycles. The van der Waals surface area contributed by atoms with E-state index >= 15 is 0 Å². The predicted octanol–water partition coefficient (Wildman–Crippen LogP) is 3.61. The highest BCUT2D eigenvalue weighted by molar-refractivity contribution is 9.09. The lowest BCUT2D eigenvalue weighted by atomic mass is 9.71. The number of rotatable bonds is 1. The molecule has 0 bridgehead atoms. The zero-order chi connectivity index (χ0) is 10.1. The molecule has 13 heavy (non-hydrogen) atoms. The Morgan fingerprint density at radius 1 is 1.23 bits per heavy atom. The van der Waals surface area contributed by atoms with Gasteiger partial charge in [0.1, 0.15) is 0 Å². The monoisotopic (exact) mass is 248 g/mol. The summed E-state index contributed by atoms with van der Waals surface area (Å²) in [5.41, 5.74) is 0.434. The molecule has 1 rings (SSSR count). The first-order valence-corrected chi connectivity index (χ1v) is 6.03. The maximum Gasteiger partial charge on any atom is 0.0699 e. The summed E-state index contributed by atoms with van der Waals surface area (Å²) in [4.78, 5) is 0.566. The third kappa shape index (κ3) is 2.95. The highest BCUT2D eigenvalue weighted by Crippen LogP contribution is 2.40. The second-order valence-corrected chi connectivity index (χ2v) is 6.34. The van der Waals surface area contributed by atoms with E-state index in [2.05, 4.69) is 36.7 Å². The van der Waals surface area contributed by atoms with Crippen LogP contribution in [-0.4, -0.2) is 18.0 Å². The minimum absolute atomic E-state index is 0.415. The Labute approximate surface area is 90.4 Å². The summed E-state index contributed by atoms with van der Waals surface area (Å²) in [7, 11) is 1.82. The molecule has 1 nitrogen and oxygen atoms in total. The minimum Gasteiger partial charge on any atom is -0.380 e. The second-order valence-electron chi connectivity index (χ2n) is 5.17. The number of hydrogen-bond donors (Lipinski definition) is 0. The number of methoxy groups -OCH3 is 1. The molecule has 1 aliphatic rings. The van der Waals surface area contributed by atoms with Crippen LogP contribution in [0.25, 0.3) is 0 Å². The molecule has 0 aliphatic heterocycles. The number of ether oxygens (including phenoxy) is 1. The Hall–Kier alpha value is 0.440. The van der Waals surface area contributed by atoms with Gasteiger partial charge in [-0.15, -0.1) is 0 Å². The maximum atomic E-state index is 5.48. The van der Waals surface area contributed by atoms with E-state index in [4.69, 9.17) is 4.74 Å². The van der Waals surface area contributed by atoms with Gasteiger partial charge >= 0.3 is 0 Å². The molecule has 0 spiro atoms. The smallest absolute Gasteiger partial charge is 0.0699 e. The molecule has 0 aromatic carbocycles. The molecule has 0 saturated heterocycles. The van der Waals surface area contributed by atoms with Crippen LogP contribution in [0.1, 0.15) is 40.0 Å². The van der Waals surface area contributed by atoms with Gasteiger partial charge in [-0.05, 0) is 30.6 Å². The van der Waals surface area contributed by atoms with Crippen LogP contribution in [0.3, 0.4) is 0 Å². The average molecular weight is 249 g/mol. The third-order valence-electron chi connectivity index (χ3n) is 3.24. The summed E-state index contributed by atoms with van der Waals surface area (Å²) in [6, 6.07) is 0. The van der Waals surface area contributed by atoms with Crippen LogP contribution < -0.4 is 0 Å². The van der Waals surface area contributed by atoms with E-state index in [1.165, 1.54) is 19.3 Å².